The number of urea groups is 1. The Kier molecular flexibility index (Phi) is 9.43. The number of nitrogens with zero attached hydrogens (tertiary/aromatic N) is 1. The van der Waals surface area contributed by atoms with E-state index in [-0.39, 0.29) is 13.2 Å². The third-order valence-electron chi connectivity index (χ3n) is 3.64. The van der Waals surface area contributed by atoms with Crippen LogP contribution in [0, 0.1) is 0 Å². The second-order valence-corrected chi connectivity index (χ2v) is 5.49. The minimum Gasteiger partial charge on any atom is -0.449 e. The van der Waals surface area contributed by atoms with Crippen molar-refractivity contribution in [3.8, 4) is 0 Å². The highest BCUT2D eigenvalue weighted by Gasteiger charge is 2.20. The quantitative estimate of drug-likeness (QED) is 0.732. The monoisotopic (exact) mass is 371 g/mol. The summed E-state index contributed by atoms with van der Waals surface area (Å²) in [5.74, 6) is 0. The van der Waals surface area contributed by atoms with Crippen LogP contribution >= 0.6 is 0 Å². The van der Waals surface area contributed by atoms with Crippen molar-refractivity contribution in [3.63, 3.8) is 0 Å². The molecule has 0 heterocycles. The molecule has 2 aromatic carbocycles. The Morgan fingerprint density at radius 1 is 0.963 bits per heavy atom. The summed E-state index contributed by atoms with van der Waals surface area (Å²) < 4.78 is 4.86. The number of imide groups is 1. The van der Waals surface area contributed by atoms with Crippen LogP contribution in [-0.4, -0.2) is 30.2 Å². The Hall–Kier alpha value is -3.02. The highest BCUT2D eigenvalue weighted by molar-refractivity contribution is 5.99. The van der Waals surface area contributed by atoms with Crippen molar-refractivity contribution in [2.45, 2.75) is 34.1 Å². The lowest BCUT2D eigenvalue weighted by Gasteiger charge is -2.18. The number of benzene rings is 2. The molecule has 0 aliphatic heterocycles. The molecular weight excluding hydrogens is 342 g/mol. The molecule has 0 aliphatic rings. The molecular formula is C21H29N3O3. The van der Waals surface area contributed by atoms with Gasteiger partial charge in [0, 0.05) is 17.9 Å². The van der Waals surface area contributed by atoms with Crippen LogP contribution in [0.2, 0.25) is 0 Å². The predicted molar refractivity (Wildman–Crippen MR) is 110 cm³/mol. The molecule has 6 heteroatoms. The zero-order valence-electron chi connectivity index (χ0n) is 16.5. The van der Waals surface area contributed by atoms with Gasteiger partial charge in [0.2, 0.25) is 0 Å². The van der Waals surface area contributed by atoms with E-state index in [9.17, 15) is 9.59 Å². The summed E-state index contributed by atoms with van der Waals surface area (Å²) >= 11 is 0. The van der Waals surface area contributed by atoms with Crippen LogP contribution in [-0.2, 0) is 11.2 Å². The van der Waals surface area contributed by atoms with Gasteiger partial charge in [0.15, 0.2) is 0 Å². The molecule has 6 nitrogen and oxygen atoms in total. The summed E-state index contributed by atoms with van der Waals surface area (Å²) in [5, 5.41) is 2.70. The number of ether oxygens (including phenoxy) is 1. The van der Waals surface area contributed by atoms with Gasteiger partial charge in [-0.1, -0.05) is 38.1 Å². The van der Waals surface area contributed by atoms with Gasteiger partial charge >= 0.3 is 12.1 Å². The van der Waals surface area contributed by atoms with E-state index in [0.29, 0.717) is 5.69 Å². The Bertz CT molecular complexity index is 712. The van der Waals surface area contributed by atoms with Gasteiger partial charge in [-0.05, 0) is 55.7 Å². The summed E-state index contributed by atoms with van der Waals surface area (Å²) in [5.41, 5.74) is 9.31. The number of carbonyl (C=O) groups excluding carboxylic acids is 2. The number of anilines is 2. The second-order valence-electron chi connectivity index (χ2n) is 5.49. The molecule has 0 saturated carbocycles. The minimum atomic E-state index is -0.650. The summed E-state index contributed by atoms with van der Waals surface area (Å²) in [6.45, 7) is 7.87. The smallest absolute Gasteiger partial charge is 0.417 e. The zero-order chi connectivity index (χ0) is 20.2. The first-order valence-electron chi connectivity index (χ1n) is 9.22. The van der Waals surface area contributed by atoms with Crippen molar-refractivity contribution >= 4 is 23.5 Å². The van der Waals surface area contributed by atoms with Crippen LogP contribution in [0.3, 0.4) is 0 Å². The first-order chi connectivity index (χ1) is 13.0. The SMILES string of the molecule is CC.CCOC(=O)N(CC)C(=O)Nc1ccc(Cc2ccc(N)cc2)cc1. The number of hydrogen-bond acceptors (Lipinski definition) is 4. The summed E-state index contributed by atoms with van der Waals surface area (Å²) in [6, 6.07) is 14.7. The van der Waals surface area contributed by atoms with E-state index >= 15 is 0 Å². The maximum absolute atomic E-state index is 12.2. The molecule has 0 bridgehead atoms. The number of nitrogens with two attached hydrogens (primary N) is 1. The largest absolute Gasteiger partial charge is 0.449 e. The van der Waals surface area contributed by atoms with Crippen molar-refractivity contribution in [3.05, 3.63) is 59.7 Å². The number of nitrogens with one attached hydrogen (secondary N) is 1. The van der Waals surface area contributed by atoms with Crippen molar-refractivity contribution in [2.24, 2.45) is 0 Å². The standard InChI is InChI=1S/C19H23N3O3.C2H6/c1-3-22(19(24)25-4-2)18(23)21-17-11-7-15(8-12-17)13-14-5-9-16(20)10-6-14;1-2/h5-12H,3-4,13,20H2,1-2H3,(H,21,23);1-2H3. The normalized spacial score (nSPS) is 9.63. The van der Waals surface area contributed by atoms with Crippen molar-refractivity contribution < 1.29 is 14.3 Å². The lowest BCUT2D eigenvalue weighted by molar-refractivity contribution is 0.119. The van der Waals surface area contributed by atoms with E-state index in [1.54, 1.807) is 13.8 Å². The Morgan fingerprint density at radius 3 is 1.96 bits per heavy atom. The molecule has 146 valence electrons. The molecule has 0 spiro atoms. The van der Waals surface area contributed by atoms with Gasteiger partial charge in [-0.15, -0.1) is 0 Å². The first kappa shape index (κ1) is 22.0. The maximum atomic E-state index is 12.2. The first-order valence-corrected chi connectivity index (χ1v) is 9.22. The summed E-state index contributed by atoms with van der Waals surface area (Å²) in [4.78, 5) is 24.9. The van der Waals surface area contributed by atoms with Crippen LogP contribution in [0.4, 0.5) is 21.0 Å². The fourth-order valence-corrected chi connectivity index (χ4v) is 2.33. The lowest BCUT2D eigenvalue weighted by Crippen LogP contribution is -2.40. The van der Waals surface area contributed by atoms with Gasteiger partial charge in [-0.3, -0.25) is 0 Å². The summed E-state index contributed by atoms with van der Waals surface area (Å²) in [6.07, 6.45) is 0.126. The second kappa shape index (κ2) is 11.6. The molecule has 0 unspecified atom stereocenters. The fourth-order valence-electron chi connectivity index (χ4n) is 2.33. The molecule has 3 N–H and O–H groups in total. The maximum Gasteiger partial charge on any atom is 0.417 e. The van der Waals surface area contributed by atoms with Crippen LogP contribution in [0.5, 0.6) is 0 Å². The lowest BCUT2D eigenvalue weighted by atomic mass is 10.0. The molecule has 0 radical (unpaired) electrons. The Balaban J connectivity index is 0.00000176. The number of amides is 3. The Labute approximate surface area is 161 Å². The van der Waals surface area contributed by atoms with Gasteiger partial charge in [0.05, 0.1) is 6.61 Å². The van der Waals surface area contributed by atoms with E-state index in [0.717, 1.165) is 28.1 Å². The van der Waals surface area contributed by atoms with Gasteiger partial charge in [0.1, 0.15) is 0 Å². The molecule has 2 aromatic rings. The highest BCUT2D eigenvalue weighted by atomic mass is 16.6. The van der Waals surface area contributed by atoms with Crippen LogP contribution in [0.1, 0.15) is 38.8 Å². The number of nitrogen functional groups attached to an aromatic ring is 1. The van der Waals surface area contributed by atoms with E-state index in [1.165, 1.54) is 0 Å². The molecule has 0 fully saturated rings. The fraction of sp³-hybridized carbons (Fsp3) is 0.333. The topological polar surface area (TPSA) is 84.7 Å². The van der Waals surface area contributed by atoms with Gasteiger partial charge in [0.25, 0.3) is 0 Å². The van der Waals surface area contributed by atoms with Gasteiger partial charge in [-0.2, -0.15) is 0 Å². The summed E-state index contributed by atoms with van der Waals surface area (Å²) in [7, 11) is 0. The van der Waals surface area contributed by atoms with E-state index in [2.05, 4.69) is 5.32 Å². The highest BCUT2D eigenvalue weighted by Crippen LogP contribution is 2.15. The molecule has 27 heavy (non-hydrogen) atoms. The minimum absolute atomic E-state index is 0.225. The molecule has 3 amide bonds. The van der Waals surface area contributed by atoms with Crippen LogP contribution < -0.4 is 11.1 Å². The van der Waals surface area contributed by atoms with E-state index in [4.69, 9.17) is 10.5 Å². The van der Waals surface area contributed by atoms with Crippen molar-refractivity contribution in [2.75, 3.05) is 24.2 Å². The molecule has 0 saturated heterocycles. The predicted octanol–water partition coefficient (Wildman–Crippen LogP) is 4.90. The number of hydrogen-bond donors (Lipinski definition) is 2. The van der Waals surface area contributed by atoms with E-state index < -0.39 is 12.1 Å². The zero-order valence-corrected chi connectivity index (χ0v) is 16.5. The van der Waals surface area contributed by atoms with Crippen LogP contribution in [0.15, 0.2) is 48.5 Å². The third kappa shape index (κ3) is 7.01. The van der Waals surface area contributed by atoms with Crippen molar-refractivity contribution in [1.82, 2.24) is 4.90 Å². The van der Waals surface area contributed by atoms with Gasteiger partial charge in [-0.25, -0.2) is 14.5 Å². The van der Waals surface area contributed by atoms with E-state index in [1.807, 2.05) is 62.4 Å². The molecule has 0 aromatic heterocycles. The Morgan fingerprint density at radius 2 is 1.48 bits per heavy atom. The average Bonchev–Trinajstić information content (AvgIpc) is 2.67. The molecule has 0 atom stereocenters. The average molecular weight is 371 g/mol. The van der Waals surface area contributed by atoms with Gasteiger partial charge < -0.3 is 15.8 Å². The van der Waals surface area contributed by atoms with Crippen LogP contribution in [0.25, 0.3) is 0 Å². The van der Waals surface area contributed by atoms with Crippen molar-refractivity contribution in [1.29, 1.82) is 0 Å². The molecule has 2 rings (SSSR count). The number of carbonyl (C=O) groups is 2. The third-order valence-corrected chi connectivity index (χ3v) is 3.64. The number of rotatable bonds is 5. The molecule has 0 aliphatic carbocycles.